The Balaban J connectivity index is 2.33. The number of imide groups is 1. The summed E-state index contributed by atoms with van der Waals surface area (Å²) in [5.41, 5.74) is 0.0810. The average Bonchev–Trinajstić information content (AvgIpc) is 2.22. The van der Waals surface area contributed by atoms with Gasteiger partial charge in [0, 0.05) is 18.0 Å². The molecule has 1 fully saturated rings. The van der Waals surface area contributed by atoms with Crippen molar-refractivity contribution in [2.24, 2.45) is 0 Å². The number of hydrogen-bond donors (Lipinski definition) is 1. The molecule has 0 spiro atoms. The molecule has 1 heterocycles. The number of amides is 3. The van der Waals surface area contributed by atoms with E-state index in [2.05, 4.69) is 5.32 Å². The maximum absolute atomic E-state index is 13.5. The number of anilines is 1. The van der Waals surface area contributed by atoms with Crippen LogP contribution in [0.3, 0.4) is 0 Å². The predicted molar refractivity (Wildman–Crippen MR) is 56.9 cm³/mol. The molecule has 1 aliphatic heterocycles. The van der Waals surface area contributed by atoms with Gasteiger partial charge in [0.15, 0.2) is 0 Å². The Bertz CT molecular complexity index is 464. The van der Waals surface area contributed by atoms with Crippen LogP contribution in [0.25, 0.3) is 0 Å². The maximum Gasteiger partial charge on any atom is 0.328 e. The molecule has 16 heavy (non-hydrogen) atoms. The lowest BCUT2D eigenvalue weighted by atomic mass is 10.2. The molecule has 0 aliphatic carbocycles. The number of nitrogens with one attached hydrogen (secondary N) is 1. The summed E-state index contributed by atoms with van der Waals surface area (Å²) in [5.74, 6) is -0.905. The Kier molecular flexibility index (Phi) is 2.78. The van der Waals surface area contributed by atoms with Gasteiger partial charge < -0.3 is 0 Å². The van der Waals surface area contributed by atoms with Gasteiger partial charge in [0.25, 0.3) is 0 Å². The first kappa shape index (κ1) is 10.9. The van der Waals surface area contributed by atoms with Crippen molar-refractivity contribution in [1.82, 2.24) is 5.32 Å². The summed E-state index contributed by atoms with van der Waals surface area (Å²) < 4.78 is 13.5. The van der Waals surface area contributed by atoms with Crippen molar-refractivity contribution >= 4 is 29.2 Å². The second kappa shape index (κ2) is 4.09. The zero-order valence-corrected chi connectivity index (χ0v) is 8.92. The summed E-state index contributed by atoms with van der Waals surface area (Å²) in [6, 6.07) is 3.30. The van der Waals surface area contributed by atoms with Gasteiger partial charge in [-0.1, -0.05) is 11.6 Å². The Morgan fingerprint density at radius 3 is 2.81 bits per heavy atom. The molecular weight excluding hydrogens is 235 g/mol. The van der Waals surface area contributed by atoms with Gasteiger partial charge in [-0.2, -0.15) is 0 Å². The van der Waals surface area contributed by atoms with Crippen LogP contribution >= 0.6 is 11.6 Å². The summed E-state index contributed by atoms with van der Waals surface area (Å²) >= 11 is 5.72. The Labute approximate surface area is 96.0 Å². The van der Waals surface area contributed by atoms with Crippen LogP contribution in [-0.4, -0.2) is 18.5 Å². The molecule has 0 unspecified atom stereocenters. The molecule has 0 bridgehead atoms. The first-order valence-electron chi connectivity index (χ1n) is 4.64. The van der Waals surface area contributed by atoms with E-state index >= 15 is 0 Å². The minimum Gasteiger partial charge on any atom is -0.291 e. The van der Waals surface area contributed by atoms with Crippen LogP contribution in [0.5, 0.6) is 0 Å². The van der Waals surface area contributed by atoms with E-state index in [1.807, 2.05) is 0 Å². The molecule has 3 amide bonds. The summed E-state index contributed by atoms with van der Waals surface area (Å²) in [5, 5.41) is 2.45. The van der Waals surface area contributed by atoms with Crippen LogP contribution in [0.15, 0.2) is 18.2 Å². The zero-order chi connectivity index (χ0) is 11.7. The molecular formula is C10H8ClFN2O2. The van der Waals surface area contributed by atoms with Crippen LogP contribution in [0, 0.1) is 5.82 Å². The monoisotopic (exact) mass is 242 g/mol. The quantitative estimate of drug-likeness (QED) is 0.818. The highest BCUT2D eigenvalue weighted by Gasteiger charge is 2.26. The lowest BCUT2D eigenvalue weighted by Gasteiger charge is -2.26. The number of benzene rings is 1. The molecule has 1 aromatic rings. The fraction of sp³-hybridized carbons (Fsp3) is 0.200. The van der Waals surface area contributed by atoms with Gasteiger partial charge >= 0.3 is 6.03 Å². The van der Waals surface area contributed by atoms with Crippen LogP contribution in [-0.2, 0) is 4.79 Å². The van der Waals surface area contributed by atoms with E-state index in [4.69, 9.17) is 11.6 Å². The highest BCUT2D eigenvalue weighted by Crippen LogP contribution is 2.24. The SMILES string of the molecule is O=C1CCN(c2cc(Cl)ccc2F)C(=O)N1. The molecule has 0 radical (unpaired) electrons. The average molecular weight is 243 g/mol. The summed E-state index contributed by atoms with van der Waals surface area (Å²) in [4.78, 5) is 23.5. The van der Waals surface area contributed by atoms with Crippen molar-refractivity contribution in [2.75, 3.05) is 11.4 Å². The van der Waals surface area contributed by atoms with Crippen molar-refractivity contribution in [3.63, 3.8) is 0 Å². The van der Waals surface area contributed by atoms with Gasteiger partial charge in [-0.05, 0) is 18.2 Å². The number of carbonyl (C=O) groups is 2. The van der Waals surface area contributed by atoms with E-state index in [0.29, 0.717) is 5.02 Å². The molecule has 2 rings (SSSR count). The van der Waals surface area contributed by atoms with E-state index in [-0.39, 0.29) is 24.6 Å². The normalized spacial score (nSPS) is 16.2. The number of hydrogen-bond acceptors (Lipinski definition) is 2. The largest absolute Gasteiger partial charge is 0.328 e. The Morgan fingerprint density at radius 2 is 2.12 bits per heavy atom. The van der Waals surface area contributed by atoms with E-state index in [1.54, 1.807) is 0 Å². The van der Waals surface area contributed by atoms with Crippen LogP contribution in [0.2, 0.25) is 5.02 Å². The van der Waals surface area contributed by atoms with E-state index in [0.717, 1.165) is 4.90 Å². The van der Waals surface area contributed by atoms with E-state index in [9.17, 15) is 14.0 Å². The van der Waals surface area contributed by atoms with Crippen molar-refractivity contribution < 1.29 is 14.0 Å². The summed E-state index contributed by atoms with van der Waals surface area (Å²) in [6.07, 6.45) is 0.150. The number of carbonyl (C=O) groups excluding carboxylic acids is 2. The van der Waals surface area contributed by atoms with Crippen LogP contribution < -0.4 is 10.2 Å². The second-order valence-electron chi connectivity index (χ2n) is 3.35. The maximum atomic E-state index is 13.5. The highest BCUT2D eigenvalue weighted by atomic mass is 35.5. The molecule has 1 N–H and O–H groups in total. The van der Waals surface area contributed by atoms with Gasteiger partial charge in [-0.25, -0.2) is 9.18 Å². The summed E-state index contributed by atoms with van der Waals surface area (Å²) in [6.45, 7) is 0.155. The predicted octanol–water partition coefficient (Wildman–Crippen LogP) is 1.93. The first-order chi connectivity index (χ1) is 7.58. The topological polar surface area (TPSA) is 49.4 Å². The standard InChI is InChI=1S/C10H8ClFN2O2/c11-6-1-2-7(12)8(5-6)14-4-3-9(15)13-10(14)16/h1-2,5H,3-4H2,(H,13,15,16). The fourth-order valence-electron chi connectivity index (χ4n) is 1.49. The van der Waals surface area contributed by atoms with Gasteiger partial charge in [0.2, 0.25) is 5.91 Å². The van der Waals surface area contributed by atoms with Crippen molar-refractivity contribution in [3.05, 3.63) is 29.0 Å². The molecule has 0 atom stereocenters. The number of rotatable bonds is 1. The smallest absolute Gasteiger partial charge is 0.291 e. The zero-order valence-electron chi connectivity index (χ0n) is 8.17. The molecule has 1 saturated heterocycles. The van der Waals surface area contributed by atoms with Gasteiger partial charge in [-0.3, -0.25) is 15.0 Å². The lowest BCUT2D eigenvalue weighted by molar-refractivity contribution is -0.120. The molecule has 4 nitrogen and oxygen atoms in total. The van der Waals surface area contributed by atoms with E-state index in [1.165, 1.54) is 18.2 Å². The Hall–Kier alpha value is -1.62. The number of halogens is 2. The molecule has 84 valence electrons. The molecule has 6 heteroatoms. The number of urea groups is 1. The molecule has 0 aromatic heterocycles. The minimum absolute atomic E-state index is 0.0810. The fourth-order valence-corrected chi connectivity index (χ4v) is 1.65. The first-order valence-corrected chi connectivity index (χ1v) is 5.02. The van der Waals surface area contributed by atoms with Gasteiger partial charge in [0.1, 0.15) is 5.82 Å². The third kappa shape index (κ3) is 1.99. The Morgan fingerprint density at radius 1 is 1.38 bits per heavy atom. The molecule has 1 aliphatic rings. The van der Waals surface area contributed by atoms with Crippen molar-refractivity contribution in [1.29, 1.82) is 0 Å². The minimum atomic E-state index is -0.627. The van der Waals surface area contributed by atoms with E-state index < -0.39 is 11.8 Å². The van der Waals surface area contributed by atoms with Gasteiger partial charge in [0.05, 0.1) is 5.69 Å². The van der Waals surface area contributed by atoms with Gasteiger partial charge in [-0.15, -0.1) is 0 Å². The van der Waals surface area contributed by atoms with Crippen molar-refractivity contribution in [3.8, 4) is 0 Å². The third-order valence-corrected chi connectivity index (χ3v) is 2.49. The third-order valence-electron chi connectivity index (χ3n) is 2.25. The van der Waals surface area contributed by atoms with Crippen LogP contribution in [0.1, 0.15) is 6.42 Å². The second-order valence-corrected chi connectivity index (χ2v) is 3.79. The number of nitrogens with zero attached hydrogens (tertiary/aromatic N) is 1. The highest BCUT2D eigenvalue weighted by molar-refractivity contribution is 6.31. The lowest BCUT2D eigenvalue weighted by Crippen LogP contribution is -2.49. The summed E-state index contributed by atoms with van der Waals surface area (Å²) in [7, 11) is 0. The molecule has 1 aromatic carbocycles. The van der Waals surface area contributed by atoms with Crippen LogP contribution in [0.4, 0.5) is 14.9 Å². The van der Waals surface area contributed by atoms with Crippen molar-refractivity contribution in [2.45, 2.75) is 6.42 Å². The molecule has 0 saturated carbocycles.